The normalized spacial score (nSPS) is 11.3. The molecule has 0 spiro atoms. The number of benzene rings is 4. The minimum atomic E-state index is -4.89. The number of carbonyl (C=O) groups excluding carboxylic acids is 3. The zero-order valence-electron chi connectivity index (χ0n) is 31.1. The number of carbonyl (C=O) groups is 3. The van der Waals surface area contributed by atoms with E-state index in [-0.39, 0.29) is 159 Å². The maximum atomic E-state index is 13.2. The Morgan fingerprint density at radius 1 is 0.895 bits per heavy atom. The van der Waals surface area contributed by atoms with Crippen LogP contribution in [0, 0.1) is 0 Å². The Morgan fingerprint density at radius 3 is 2.32 bits per heavy atom. The van der Waals surface area contributed by atoms with E-state index in [0.717, 1.165) is 0 Å². The van der Waals surface area contributed by atoms with Crippen LogP contribution in [0.3, 0.4) is 0 Å². The minimum absolute atomic E-state index is 0. The number of aromatic nitrogens is 3. The number of carboxylic acid groups (broad SMARTS) is 1. The molecule has 0 bridgehead atoms. The number of nitrogens with zero attached hydrogens (tertiary/aromatic N) is 4. The van der Waals surface area contributed by atoms with Gasteiger partial charge in [0.2, 0.25) is 0 Å². The summed E-state index contributed by atoms with van der Waals surface area (Å²) in [5.74, 6) is -2.58. The third-order valence-corrected chi connectivity index (χ3v) is 9.16. The third kappa shape index (κ3) is 12.1. The van der Waals surface area contributed by atoms with Crippen LogP contribution >= 0.6 is 7.94 Å². The number of aryl methyl sites for hydroxylation is 2. The molecule has 20 heteroatoms. The number of hydrogen-bond acceptors (Lipinski definition) is 14. The molecule has 2 aliphatic rings. The molecule has 276 valence electrons. The van der Waals surface area contributed by atoms with Crippen molar-refractivity contribution in [1.82, 2.24) is 20.3 Å². The Kier molecular flexibility index (Phi) is 17.8. The number of amides is 1. The number of hydrogen-bond donors (Lipinski definition) is 3. The van der Waals surface area contributed by atoms with Gasteiger partial charge in [0, 0.05) is 53.0 Å². The number of rotatable bonds is 14. The molecule has 57 heavy (non-hydrogen) atoms. The molecule has 16 nitrogen and oxygen atoms in total. The van der Waals surface area contributed by atoms with E-state index < -0.39 is 31.2 Å². The van der Waals surface area contributed by atoms with Crippen LogP contribution in [0.5, 0.6) is 5.75 Å². The van der Waals surface area contributed by atoms with E-state index >= 15 is 0 Å². The predicted octanol–water partition coefficient (Wildman–Crippen LogP) is -8.44. The van der Waals surface area contributed by atoms with Crippen molar-refractivity contribution in [3.05, 3.63) is 123 Å². The molecule has 4 aromatic rings. The van der Waals surface area contributed by atoms with Crippen LogP contribution < -0.4 is 120 Å². The van der Waals surface area contributed by atoms with Gasteiger partial charge in [-0.05, 0) is 78.8 Å². The second kappa shape index (κ2) is 21.1. The van der Waals surface area contributed by atoms with E-state index in [0.29, 0.717) is 40.7 Å². The molecule has 0 saturated heterocycles. The summed E-state index contributed by atoms with van der Waals surface area (Å²) in [7, 11) is -4.89. The molecular formula is C37H29N5Na3O11P. The van der Waals surface area contributed by atoms with Crippen molar-refractivity contribution in [2.45, 2.75) is 32.4 Å². The van der Waals surface area contributed by atoms with Crippen LogP contribution in [0.2, 0.25) is 0 Å². The summed E-state index contributed by atoms with van der Waals surface area (Å²) in [4.78, 5) is 82.3. The molecule has 0 atom stereocenters. The molecule has 1 aliphatic heterocycles. The number of carboxylic acids is 1. The molecule has 1 amide bonds. The first kappa shape index (κ1) is 48.1. The first-order chi connectivity index (χ1) is 25.8. The van der Waals surface area contributed by atoms with Crippen molar-refractivity contribution in [3.8, 4) is 28.2 Å². The van der Waals surface area contributed by atoms with E-state index in [4.69, 9.17) is 14.2 Å². The molecule has 0 unspecified atom stereocenters. The first-order valence-corrected chi connectivity index (χ1v) is 18.0. The van der Waals surface area contributed by atoms with Crippen LogP contribution in [0.15, 0.2) is 99.3 Å². The predicted molar refractivity (Wildman–Crippen MR) is 187 cm³/mol. The fraction of sp³-hybridized carbons (Fsp3) is 0.162. The van der Waals surface area contributed by atoms with Crippen molar-refractivity contribution in [2.24, 2.45) is 4.99 Å². The molecule has 1 aliphatic carbocycles. The van der Waals surface area contributed by atoms with Crippen LogP contribution in [-0.4, -0.2) is 54.6 Å². The molecule has 2 heterocycles. The minimum Gasteiger partial charge on any atom is -0.872 e. The molecule has 0 radical (unpaired) electrons. The average Bonchev–Trinajstić information content (AvgIpc) is 3.60. The average molecular weight is 820 g/mol. The van der Waals surface area contributed by atoms with Crippen LogP contribution in [-0.2, 0) is 19.5 Å². The van der Waals surface area contributed by atoms with Gasteiger partial charge >= 0.3 is 102 Å². The Bertz CT molecular complexity index is 2450. The van der Waals surface area contributed by atoms with Gasteiger partial charge in [-0.2, -0.15) is 0 Å². The summed E-state index contributed by atoms with van der Waals surface area (Å²) in [6.45, 7) is 0.634. The summed E-state index contributed by atoms with van der Waals surface area (Å²) in [6, 6.07) is 17.5. The third-order valence-electron chi connectivity index (χ3n) is 8.37. The molecule has 3 aromatic carbocycles. The Labute approximate surface area is 391 Å². The van der Waals surface area contributed by atoms with Crippen LogP contribution in [0.25, 0.3) is 33.4 Å². The smallest absolute Gasteiger partial charge is 0.872 e. The molecule has 0 fully saturated rings. The summed E-state index contributed by atoms with van der Waals surface area (Å²) in [5.41, 5.74) is 0.322. The van der Waals surface area contributed by atoms with Crippen molar-refractivity contribution >= 4 is 42.2 Å². The fourth-order valence-electron chi connectivity index (χ4n) is 5.73. The molecule has 0 saturated carbocycles. The fourth-order valence-corrected chi connectivity index (χ4v) is 6.22. The van der Waals surface area contributed by atoms with Crippen molar-refractivity contribution in [2.75, 3.05) is 6.54 Å². The maximum Gasteiger partial charge on any atom is 1.00 e. The Balaban J connectivity index is 0.00000290. The number of fused-ring (bicyclic) bond motifs is 2. The van der Waals surface area contributed by atoms with Gasteiger partial charge in [-0.25, -0.2) is 14.6 Å². The van der Waals surface area contributed by atoms with Gasteiger partial charge in [0.25, 0.3) is 5.91 Å². The SMILES string of the molecule is O=C(NCCCn1cc(CCC([O-])=NCc2ccc(C(=O)[P+]([O-])(O)O)cc2)nn1)c1ccc(C(=O)[O-])c(-c2c3ccc(=O)cc-3oc3cc([O-])ccc23)c1.[Na+].[Na+].[Na+]. The van der Waals surface area contributed by atoms with Crippen molar-refractivity contribution in [3.63, 3.8) is 0 Å². The van der Waals surface area contributed by atoms with Gasteiger partial charge in [-0.1, -0.05) is 35.5 Å². The molecule has 1 aromatic heterocycles. The van der Waals surface area contributed by atoms with E-state index in [1.54, 1.807) is 10.9 Å². The number of nitrogens with one attached hydrogen (secondary N) is 1. The van der Waals surface area contributed by atoms with E-state index in [2.05, 4.69) is 20.6 Å². The van der Waals surface area contributed by atoms with Crippen LogP contribution in [0.1, 0.15) is 55.2 Å². The summed E-state index contributed by atoms with van der Waals surface area (Å²) < 4.78 is 7.38. The zero-order valence-corrected chi connectivity index (χ0v) is 38.0. The zero-order chi connectivity index (χ0) is 38.6. The van der Waals surface area contributed by atoms with Crippen molar-refractivity contribution in [1.29, 1.82) is 0 Å². The van der Waals surface area contributed by atoms with Gasteiger partial charge in [0.1, 0.15) is 11.3 Å². The Hall–Kier alpha value is -3.32. The Morgan fingerprint density at radius 2 is 1.61 bits per heavy atom. The van der Waals surface area contributed by atoms with E-state index in [9.17, 15) is 39.4 Å². The van der Waals surface area contributed by atoms with Gasteiger partial charge in [-0.3, -0.25) is 14.3 Å². The van der Waals surface area contributed by atoms with Crippen molar-refractivity contribution < 1.29 is 137 Å². The second-order valence-corrected chi connectivity index (χ2v) is 13.7. The standard InChI is InChI=1S/C37H32N5O11P.3Na/c43-25-8-11-28-31(17-25)53-32-18-26(44)9-12-29(32)34(28)30-16-23(6-10-27(30)36(47)48)35(46)38-14-1-15-42-20-24(40-41-42)7-13-33(45)39-19-21-2-4-22(5-3-21)37(49)54(50,51)52;;;/h2-6,8-12,16-18,20,43H,1,7,13-15,19H2,(H,38,46)(H,39,45)(H,47,48)(H2,50,51,52);;;/q;3*+1/p-3. The van der Waals surface area contributed by atoms with Crippen LogP contribution in [0.4, 0.5) is 0 Å². The van der Waals surface area contributed by atoms with Gasteiger partial charge in [0.05, 0.1) is 23.8 Å². The summed E-state index contributed by atoms with van der Waals surface area (Å²) in [5, 5.41) is 48.0. The summed E-state index contributed by atoms with van der Waals surface area (Å²) >= 11 is 0. The number of aromatic carboxylic acids is 1. The number of aliphatic imine (C=N–C) groups is 1. The largest absolute Gasteiger partial charge is 1.00 e. The molecule has 3 N–H and O–H groups in total. The molecule has 6 rings (SSSR count). The second-order valence-electron chi connectivity index (χ2n) is 12.2. The molecular weight excluding hydrogens is 790 g/mol. The first-order valence-electron chi connectivity index (χ1n) is 16.4. The maximum absolute atomic E-state index is 13.2. The van der Waals surface area contributed by atoms with E-state index in [1.807, 2.05) is 0 Å². The topological polar surface area (TPSA) is 269 Å². The monoisotopic (exact) mass is 819 g/mol. The van der Waals surface area contributed by atoms with Gasteiger partial charge < -0.3 is 39.7 Å². The quantitative estimate of drug-likeness (QED) is 0.0231. The summed E-state index contributed by atoms with van der Waals surface area (Å²) in [6.07, 6.45) is 2.46. The van der Waals surface area contributed by atoms with Gasteiger partial charge in [0.15, 0.2) is 5.43 Å². The van der Waals surface area contributed by atoms with Gasteiger partial charge in [-0.15, -0.1) is 10.8 Å². The van der Waals surface area contributed by atoms with E-state index in [1.165, 1.54) is 78.9 Å².